The predicted octanol–water partition coefficient (Wildman–Crippen LogP) is 2.53. The molecule has 0 spiro atoms. The van der Waals surface area contributed by atoms with Gasteiger partial charge in [0.1, 0.15) is 5.54 Å². The van der Waals surface area contributed by atoms with E-state index in [-0.39, 0.29) is 5.54 Å². The molecule has 0 saturated heterocycles. The number of unbranched alkanes of at least 4 members (excludes halogenated alkanes) is 1. The maximum atomic E-state index is 9.66. The number of likely N-dealkylation sites (N-methyl/N-ethyl adjacent to an activating group) is 1. The Morgan fingerprint density at radius 2 is 2.00 bits per heavy atom. The van der Waals surface area contributed by atoms with Crippen molar-refractivity contribution in [3.8, 4) is 6.07 Å². The highest BCUT2D eigenvalue weighted by molar-refractivity contribution is 5.17. The molecule has 2 fully saturated rings. The van der Waals surface area contributed by atoms with Crippen LogP contribution in [0.1, 0.15) is 52.4 Å². The fourth-order valence-electron chi connectivity index (χ4n) is 2.90. The van der Waals surface area contributed by atoms with Gasteiger partial charge < -0.3 is 0 Å². The third kappa shape index (κ3) is 3.24. The summed E-state index contributed by atoms with van der Waals surface area (Å²) in [5.41, 5.74) is -0.273. The second-order valence-corrected chi connectivity index (χ2v) is 5.94. The van der Waals surface area contributed by atoms with Gasteiger partial charge >= 0.3 is 0 Å². The second kappa shape index (κ2) is 6.04. The minimum Gasteiger partial charge on any atom is -0.298 e. The van der Waals surface area contributed by atoms with Gasteiger partial charge in [0.05, 0.1) is 6.07 Å². The molecule has 1 unspecified atom stereocenters. The van der Waals surface area contributed by atoms with E-state index < -0.39 is 0 Å². The standard InChI is InChI=1S/C15H27N3/c1-3-5-10-18(14-8-9-14)12-15(11-16,17-4-2)13-6-7-13/h13-14,17H,3-10,12H2,1-2H3. The quantitative estimate of drug-likeness (QED) is 0.682. The Bertz CT molecular complexity index is 301. The number of hydrogen-bond acceptors (Lipinski definition) is 3. The minimum absolute atomic E-state index is 0.273. The van der Waals surface area contributed by atoms with E-state index in [0.29, 0.717) is 5.92 Å². The van der Waals surface area contributed by atoms with Gasteiger partial charge in [-0.25, -0.2) is 0 Å². The lowest BCUT2D eigenvalue weighted by molar-refractivity contribution is 0.187. The van der Waals surface area contributed by atoms with Gasteiger partial charge in [0.25, 0.3) is 0 Å². The molecule has 2 saturated carbocycles. The van der Waals surface area contributed by atoms with Gasteiger partial charge in [-0.05, 0) is 51.1 Å². The van der Waals surface area contributed by atoms with E-state index in [2.05, 4.69) is 30.1 Å². The van der Waals surface area contributed by atoms with Crippen molar-refractivity contribution in [2.75, 3.05) is 19.6 Å². The van der Waals surface area contributed by atoms with Crippen molar-refractivity contribution in [1.29, 1.82) is 5.26 Å². The van der Waals surface area contributed by atoms with Crippen LogP contribution in [-0.2, 0) is 0 Å². The molecule has 0 radical (unpaired) electrons. The van der Waals surface area contributed by atoms with Gasteiger partial charge in [-0.3, -0.25) is 10.2 Å². The Morgan fingerprint density at radius 3 is 2.44 bits per heavy atom. The summed E-state index contributed by atoms with van der Waals surface area (Å²) in [4.78, 5) is 2.58. The number of nitriles is 1. The molecule has 0 aromatic heterocycles. The van der Waals surface area contributed by atoms with Crippen LogP contribution in [-0.4, -0.2) is 36.1 Å². The fraction of sp³-hybridized carbons (Fsp3) is 0.933. The average molecular weight is 249 g/mol. The van der Waals surface area contributed by atoms with Crippen LogP contribution in [0.25, 0.3) is 0 Å². The molecular weight excluding hydrogens is 222 g/mol. The molecule has 0 amide bonds. The topological polar surface area (TPSA) is 39.1 Å². The molecule has 1 atom stereocenters. The van der Waals surface area contributed by atoms with E-state index in [4.69, 9.17) is 0 Å². The van der Waals surface area contributed by atoms with E-state index in [1.807, 2.05) is 0 Å². The summed E-state index contributed by atoms with van der Waals surface area (Å²) < 4.78 is 0. The van der Waals surface area contributed by atoms with E-state index in [9.17, 15) is 5.26 Å². The molecule has 0 aromatic rings. The molecule has 3 heteroatoms. The molecule has 2 aliphatic rings. The van der Waals surface area contributed by atoms with Crippen molar-refractivity contribution in [2.24, 2.45) is 5.92 Å². The summed E-state index contributed by atoms with van der Waals surface area (Å²) >= 11 is 0. The number of hydrogen-bond donors (Lipinski definition) is 1. The molecule has 18 heavy (non-hydrogen) atoms. The van der Waals surface area contributed by atoms with Crippen LogP contribution in [0.15, 0.2) is 0 Å². The fourth-order valence-corrected chi connectivity index (χ4v) is 2.90. The summed E-state index contributed by atoms with van der Waals surface area (Å²) in [7, 11) is 0. The van der Waals surface area contributed by atoms with E-state index in [1.165, 1.54) is 45.1 Å². The Labute approximate surface area is 112 Å². The van der Waals surface area contributed by atoms with Crippen LogP contribution < -0.4 is 5.32 Å². The Kier molecular flexibility index (Phi) is 4.64. The van der Waals surface area contributed by atoms with E-state index in [0.717, 1.165) is 19.1 Å². The van der Waals surface area contributed by atoms with Gasteiger partial charge in [0.2, 0.25) is 0 Å². The molecule has 2 aliphatic carbocycles. The summed E-state index contributed by atoms with van der Waals surface area (Å²) in [6, 6.07) is 3.38. The molecule has 0 bridgehead atoms. The first-order chi connectivity index (χ1) is 8.75. The zero-order valence-corrected chi connectivity index (χ0v) is 11.9. The summed E-state index contributed by atoms with van der Waals surface area (Å²) in [6.45, 7) is 7.36. The normalized spacial score (nSPS) is 22.8. The van der Waals surface area contributed by atoms with Crippen molar-refractivity contribution >= 4 is 0 Å². The number of nitrogens with zero attached hydrogens (tertiary/aromatic N) is 2. The molecule has 0 heterocycles. The molecule has 3 nitrogen and oxygen atoms in total. The summed E-state index contributed by atoms with van der Waals surface area (Å²) in [6.07, 6.45) is 7.63. The SMILES string of the molecule is CCCCN(CC(C#N)(NCC)C1CC1)C1CC1. The summed E-state index contributed by atoms with van der Waals surface area (Å²) in [5.74, 6) is 0.588. The van der Waals surface area contributed by atoms with Gasteiger partial charge in [-0.2, -0.15) is 5.26 Å². The van der Waals surface area contributed by atoms with Gasteiger partial charge in [-0.15, -0.1) is 0 Å². The summed E-state index contributed by atoms with van der Waals surface area (Å²) in [5, 5.41) is 13.1. The third-order valence-electron chi connectivity index (χ3n) is 4.28. The highest BCUT2D eigenvalue weighted by Gasteiger charge is 2.47. The zero-order valence-electron chi connectivity index (χ0n) is 11.9. The largest absolute Gasteiger partial charge is 0.298 e. The molecule has 0 aromatic carbocycles. The Morgan fingerprint density at radius 1 is 1.28 bits per heavy atom. The monoisotopic (exact) mass is 249 g/mol. The molecule has 2 rings (SSSR count). The zero-order chi connectivity index (χ0) is 13.0. The lowest BCUT2D eigenvalue weighted by Crippen LogP contribution is -2.55. The van der Waals surface area contributed by atoms with Crippen LogP contribution in [0, 0.1) is 17.2 Å². The van der Waals surface area contributed by atoms with Crippen LogP contribution in [0.4, 0.5) is 0 Å². The Hall–Kier alpha value is -0.590. The van der Waals surface area contributed by atoms with Crippen molar-refractivity contribution < 1.29 is 0 Å². The lowest BCUT2D eigenvalue weighted by Gasteiger charge is -2.34. The van der Waals surface area contributed by atoms with E-state index >= 15 is 0 Å². The van der Waals surface area contributed by atoms with Gasteiger partial charge in [-0.1, -0.05) is 20.3 Å². The number of rotatable bonds is 9. The average Bonchev–Trinajstić information content (AvgIpc) is 3.23. The minimum atomic E-state index is -0.273. The number of nitrogens with one attached hydrogen (secondary N) is 1. The van der Waals surface area contributed by atoms with Crippen LogP contribution in [0.5, 0.6) is 0 Å². The second-order valence-electron chi connectivity index (χ2n) is 5.94. The molecular formula is C15H27N3. The first kappa shape index (κ1) is 13.8. The van der Waals surface area contributed by atoms with Crippen LogP contribution in [0.3, 0.4) is 0 Å². The van der Waals surface area contributed by atoms with Crippen molar-refractivity contribution in [3.63, 3.8) is 0 Å². The van der Waals surface area contributed by atoms with Crippen molar-refractivity contribution in [1.82, 2.24) is 10.2 Å². The first-order valence-electron chi connectivity index (χ1n) is 7.66. The lowest BCUT2D eigenvalue weighted by atomic mass is 9.93. The molecule has 102 valence electrons. The van der Waals surface area contributed by atoms with Crippen molar-refractivity contribution in [3.05, 3.63) is 0 Å². The molecule has 1 N–H and O–H groups in total. The highest BCUT2D eigenvalue weighted by atomic mass is 15.2. The van der Waals surface area contributed by atoms with E-state index in [1.54, 1.807) is 0 Å². The van der Waals surface area contributed by atoms with Crippen molar-refractivity contribution in [2.45, 2.75) is 64.0 Å². The Balaban J connectivity index is 1.98. The van der Waals surface area contributed by atoms with Gasteiger partial charge in [0, 0.05) is 12.6 Å². The smallest absolute Gasteiger partial charge is 0.122 e. The highest BCUT2D eigenvalue weighted by Crippen LogP contribution is 2.41. The first-order valence-corrected chi connectivity index (χ1v) is 7.66. The van der Waals surface area contributed by atoms with Crippen LogP contribution in [0.2, 0.25) is 0 Å². The molecule has 0 aliphatic heterocycles. The maximum absolute atomic E-state index is 9.66. The predicted molar refractivity (Wildman–Crippen MR) is 74.2 cm³/mol. The third-order valence-corrected chi connectivity index (χ3v) is 4.28. The van der Waals surface area contributed by atoms with Crippen LogP contribution >= 0.6 is 0 Å². The maximum Gasteiger partial charge on any atom is 0.122 e. The van der Waals surface area contributed by atoms with Gasteiger partial charge in [0.15, 0.2) is 0 Å².